The van der Waals surface area contributed by atoms with Crippen LogP contribution in [0, 0.1) is 0 Å². The van der Waals surface area contributed by atoms with Gasteiger partial charge in [-0.05, 0) is 19.8 Å². The highest BCUT2D eigenvalue weighted by molar-refractivity contribution is 5.88. The monoisotopic (exact) mass is 406 g/mol. The van der Waals surface area contributed by atoms with E-state index in [2.05, 4.69) is 20.2 Å². The zero-order valence-corrected chi connectivity index (χ0v) is 16.0. The number of carbonyl (C=O) groups excluding carboxylic acids is 1. The second kappa shape index (κ2) is 7.37. The first-order valence-electron chi connectivity index (χ1n) is 9.31. The summed E-state index contributed by atoms with van der Waals surface area (Å²) >= 11 is 0. The topological polar surface area (TPSA) is 97.0 Å². The van der Waals surface area contributed by atoms with E-state index in [0.717, 1.165) is 0 Å². The Morgan fingerprint density at radius 1 is 1.24 bits per heavy atom. The summed E-state index contributed by atoms with van der Waals surface area (Å²) in [5, 5.41) is 8.46. The molecule has 0 spiro atoms. The van der Waals surface area contributed by atoms with Crippen molar-refractivity contribution in [2.24, 2.45) is 0 Å². The number of nitrogens with zero attached hydrogens (tertiary/aromatic N) is 6. The number of ether oxygens (including phenoxy) is 2. The van der Waals surface area contributed by atoms with E-state index < -0.39 is 11.9 Å². The molecule has 9 nitrogen and oxygen atoms in total. The van der Waals surface area contributed by atoms with Gasteiger partial charge in [0.15, 0.2) is 0 Å². The van der Waals surface area contributed by atoms with Gasteiger partial charge in [-0.2, -0.15) is 15.2 Å². The number of hydrogen-bond donors (Lipinski definition) is 0. The van der Waals surface area contributed by atoms with Crippen molar-refractivity contribution in [2.45, 2.75) is 44.6 Å². The van der Waals surface area contributed by atoms with Crippen molar-refractivity contribution in [3.8, 4) is 11.8 Å². The summed E-state index contributed by atoms with van der Waals surface area (Å²) < 4.78 is 40.4. The van der Waals surface area contributed by atoms with Gasteiger partial charge < -0.3 is 9.47 Å². The van der Waals surface area contributed by atoms with Gasteiger partial charge in [0.05, 0.1) is 37.7 Å². The van der Waals surface area contributed by atoms with Gasteiger partial charge >= 0.3 is 5.97 Å². The Kier molecular flexibility index (Phi) is 4.89. The van der Waals surface area contributed by atoms with Gasteiger partial charge in [-0.15, -0.1) is 0 Å². The summed E-state index contributed by atoms with van der Waals surface area (Å²) in [6, 6.07) is -0.171. The predicted molar refractivity (Wildman–Crippen MR) is 97.4 cm³/mol. The Bertz CT molecular complexity index is 1040. The number of esters is 1. The molecule has 0 unspecified atom stereocenters. The molecule has 0 radical (unpaired) electrons. The lowest BCUT2D eigenvalue weighted by Gasteiger charge is -2.28. The van der Waals surface area contributed by atoms with Crippen molar-refractivity contribution in [3.63, 3.8) is 0 Å². The lowest BCUT2D eigenvalue weighted by Crippen LogP contribution is -2.26. The van der Waals surface area contributed by atoms with Gasteiger partial charge in [-0.25, -0.2) is 23.2 Å². The third-order valence-electron chi connectivity index (χ3n) is 4.93. The van der Waals surface area contributed by atoms with E-state index >= 15 is 0 Å². The number of halogens is 2. The molecule has 154 valence electrons. The number of fused-ring (bicyclic) bond motifs is 1. The normalized spacial score (nSPS) is 16.8. The second-order valence-corrected chi connectivity index (χ2v) is 6.84. The average molecular weight is 406 g/mol. The fourth-order valence-corrected chi connectivity index (χ4v) is 3.46. The molecule has 0 amide bonds. The van der Waals surface area contributed by atoms with Crippen molar-refractivity contribution < 1.29 is 23.0 Å². The molecule has 0 atom stereocenters. The minimum absolute atomic E-state index is 0.171. The zero-order valence-electron chi connectivity index (χ0n) is 16.0. The van der Waals surface area contributed by atoms with Gasteiger partial charge in [-0.1, -0.05) is 0 Å². The summed E-state index contributed by atoms with van der Waals surface area (Å²) in [5.41, 5.74) is 1.31. The maximum absolute atomic E-state index is 13.5. The molecule has 0 bridgehead atoms. The number of hydrogen-bond acceptors (Lipinski definition) is 7. The van der Waals surface area contributed by atoms with E-state index in [0.29, 0.717) is 23.9 Å². The zero-order chi connectivity index (χ0) is 20.6. The molecule has 11 heteroatoms. The van der Waals surface area contributed by atoms with Gasteiger partial charge in [0.25, 0.3) is 5.95 Å². The number of alkyl halides is 2. The van der Waals surface area contributed by atoms with Crippen LogP contribution in [0.2, 0.25) is 0 Å². The van der Waals surface area contributed by atoms with Crippen LogP contribution < -0.4 is 4.74 Å². The molecule has 1 saturated carbocycles. The minimum Gasteiger partial charge on any atom is -0.479 e. The molecule has 3 aromatic rings. The van der Waals surface area contributed by atoms with Crippen LogP contribution in [0.1, 0.15) is 49.0 Å². The molecule has 4 rings (SSSR count). The smallest absolute Gasteiger partial charge is 0.341 e. The lowest BCUT2D eigenvalue weighted by atomic mass is 9.92. The highest BCUT2D eigenvalue weighted by atomic mass is 19.3. The molecule has 29 heavy (non-hydrogen) atoms. The average Bonchev–Trinajstić information content (AvgIpc) is 3.35. The van der Waals surface area contributed by atoms with Crippen LogP contribution in [-0.4, -0.2) is 55.1 Å². The van der Waals surface area contributed by atoms with Crippen molar-refractivity contribution in [1.82, 2.24) is 29.5 Å². The van der Waals surface area contributed by atoms with Gasteiger partial charge in [0, 0.05) is 19.0 Å². The minimum atomic E-state index is -2.62. The quantitative estimate of drug-likeness (QED) is 0.601. The first-order valence-corrected chi connectivity index (χ1v) is 9.31. The Hall–Kier alpha value is -3.11. The summed E-state index contributed by atoms with van der Waals surface area (Å²) in [4.78, 5) is 20.7. The Morgan fingerprint density at radius 3 is 2.69 bits per heavy atom. The SMILES string of the molecule is CCOC(=O)c1cnn(-c2nc(OC)c3c(cnn3C3CCC(F)(F)CC3)n2)c1. The van der Waals surface area contributed by atoms with Crippen LogP contribution in [0.4, 0.5) is 8.78 Å². The fourth-order valence-electron chi connectivity index (χ4n) is 3.46. The highest BCUT2D eigenvalue weighted by Crippen LogP contribution is 2.40. The molecule has 0 saturated heterocycles. The highest BCUT2D eigenvalue weighted by Gasteiger charge is 2.36. The predicted octanol–water partition coefficient (Wildman–Crippen LogP) is 2.95. The van der Waals surface area contributed by atoms with Gasteiger partial charge in [0.1, 0.15) is 11.0 Å². The third-order valence-corrected chi connectivity index (χ3v) is 4.93. The van der Waals surface area contributed by atoms with Gasteiger partial charge in [-0.3, -0.25) is 4.68 Å². The number of aromatic nitrogens is 6. The number of rotatable bonds is 5. The van der Waals surface area contributed by atoms with Crippen LogP contribution in [0.15, 0.2) is 18.6 Å². The molecule has 3 heterocycles. The van der Waals surface area contributed by atoms with Crippen LogP contribution in [0.25, 0.3) is 17.0 Å². The summed E-state index contributed by atoms with van der Waals surface area (Å²) in [7, 11) is 1.46. The first kappa shape index (κ1) is 19.2. The Morgan fingerprint density at radius 2 is 2.00 bits per heavy atom. The van der Waals surface area contributed by atoms with E-state index in [-0.39, 0.29) is 42.9 Å². The summed E-state index contributed by atoms with van der Waals surface area (Å²) in [6.07, 6.45) is 4.66. The maximum Gasteiger partial charge on any atom is 0.341 e. The molecule has 0 aliphatic heterocycles. The van der Waals surface area contributed by atoms with E-state index in [9.17, 15) is 13.6 Å². The van der Waals surface area contributed by atoms with Crippen LogP contribution in [0.3, 0.4) is 0 Å². The van der Waals surface area contributed by atoms with Crippen molar-refractivity contribution >= 4 is 17.0 Å². The number of methoxy groups -OCH3 is 1. The Labute approximate surface area is 164 Å². The molecule has 3 aromatic heterocycles. The lowest BCUT2D eigenvalue weighted by molar-refractivity contribution is -0.0446. The van der Waals surface area contributed by atoms with E-state index in [4.69, 9.17) is 9.47 Å². The third kappa shape index (κ3) is 3.64. The molecule has 1 aliphatic carbocycles. The Balaban J connectivity index is 1.68. The molecule has 0 N–H and O–H groups in total. The van der Waals surface area contributed by atoms with Crippen LogP contribution in [-0.2, 0) is 4.74 Å². The fraction of sp³-hybridized carbons (Fsp3) is 0.500. The summed E-state index contributed by atoms with van der Waals surface area (Å²) in [5.74, 6) is -2.66. The van der Waals surface area contributed by atoms with E-state index in [1.807, 2.05) is 0 Å². The van der Waals surface area contributed by atoms with Crippen molar-refractivity contribution in [2.75, 3.05) is 13.7 Å². The first-order chi connectivity index (χ1) is 13.9. The molecule has 1 aliphatic rings. The van der Waals surface area contributed by atoms with Crippen molar-refractivity contribution in [1.29, 1.82) is 0 Å². The number of carbonyl (C=O) groups is 1. The van der Waals surface area contributed by atoms with Crippen LogP contribution >= 0.6 is 0 Å². The molecule has 1 fully saturated rings. The van der Waals surface area contributed by atoms with E-state index in [1.54, 1.807) is 17.8 Å². The largest absolute Gasteiger partial charge is 0.479 e. The second-order valence-electron chi connectivity index (χ2n) is 6.84. The van der Waals surface area contributed by atoms with Crippen LogP contribution in [0.5, 0.6) is 5.88 Å². The standard InChI is InChI=1S/C18H20F2N6O3/c1-3-29-16(27)11-8-21-25(10-11)17-23-13-9-22-26(14(13)15(24-17)28-2)12-4-6-18(19,20)7-5-12/h8-10,12H,3-7H2,1-2H3. The molecule has 0 aromatic carbocycles. The summed E-state index contributed by atoms with van der Waals surface area (Å²) in [6.45, 7) is 1.97. The van der Waals surface area contributed by atoms with Crippen molar-refractivity contribution in [3.05, 3.63) is 24.2 Å². The molecular formula is C18H20F2N6O3. The maximum atomic E-state index is 13.5. The molecular weight excluding hydrogens is 386 g/mol. The van der Waals surface area contributed by atoms with E-state index in [1.165, 1.54) is 24.2 Å². The van der Waals surface area contributed by atoms with Gasteiger partial charge in [0.2, 0.25) is 11.8 Å².